The molecule has 0 heterocycles. The van der Waals surface area contributed by atoms with Gasteiger partial charge in [-0.25, -0.2) is 4.79 Å². The third kappa shape index (κ3) is 6.84. The largest absolute Gasteiger partial charge is 0.444 e. The van der Waals surface area contributed by atoms with Crippen LogP contribution in [0.25, 0.3) is 0 Å². The second kappa shape index (κ2) is 10.5. The highest BCUT2D eigenvalue weighted by Crippen LogP contribution is 2.36. The van der Waals surface area contributed by atoms with E-state index >= 15 is 0 Å². The highest BCUT2D eigenvalue weighted by atomic mass is 16.6. The number of nitrogens with one attached hydrogen (secondary N) is 2. The average Bonchev–Trinajstić information content (AvgIpc) is 3.59. The SMILES string of the molecule is Cc1ccc(C(C(=O)Nc2c(C)cccc2C)N(C(=O)CNC(=O)OC(C)(C)C)C2CC2)cc1C. The summed E-state index contributed by atoms with van der Waals surface area (Å²) < 4.78 is 5.27. The molecule has 1 aliphatic rings. The van der Waals surface area contributed by atoms with Crippen LogP contribution in [0.3, 0.4) is 0 Å². The van der Waals surface area contributed by atoms with Crippen molar-refractivity contribution in [2.75, 3.05) is 11.9 Å². The number of carbonyl (C=O) groups excluding carboxylic acids is 3. The maximum atomic E-state index is 13.8. The Labute approximate surface area is 208 Å². The van der Waals surface area contributed by atoms with E-state index in [1.54, 1.807) is 25.7 Å². The molecule has 2 N–H and O–H groups in total. The molecule has 0 spiro atoms. The number of aryl methyl sites for hydroxylation is 4. The van der Waals surface area contributed by atoms with Crippen molar-refractivity contribution >= 4 is 23.6 Å². The fourth-order valence-corrected chi connectivity index (χ4v) is 4.04. The fraction of sp³-hybridized carbons (Fsp3) is 0.464. The quantitative estimate of drug-likeness (QED) is 0.577. The normalized spacial score (nSPS) is 14.1. The monoisotopic (exact) mass is 479 g/mol. The summed E-state index contributed by atoms with van der Waals surface area (Å²) in [6.45, 7) is 12.9. The van der Waals surface area contributed by atoms with Crippen molar-refractivity contribution in [3.05, 3.63) is 64.2 Å². The number of anilines is 1. The first-order valence-corrected chi connectivity index (χ1v) is 12.1. The van der Waals surface area contributed by atoms with Gasteiger partial charge in [-0.2, -0.15) is 0 Å². The second-order valence-corrected chi connectivity index (χ2v) is 10.4. The zero-order chi connectivity index (χ0) is 25.9. The maximum absolute atomic E-state index is 13.8. The minimum Gasteiger partial charge on any atom is -0.444 e. The van der Waals surface area contributed by atoms with Gasteiger partial charge in [0.25, 0.3) is 5.91 Å². The minimum absolute atomic E-state index is 0.0572. The summed E-state index contributed by atoms with van der Waals surface area (Å²) in [6.07, 6.45) is 0.969. The van der Waals surface area contributed by atoms with Crippen LogP contribution in [0.1, 0.15) is 67.5 Å². The molecule has 0 aromatic heterocycles. The third-order valence-electron chi connectivity index (χ3n) is 6.11. The Bertz CT molecular complexity index is 1100. The van der Waals surface area contributed by atoms with Crippen molar-refractivity contribution in [2.24, 2.45) is 0 Å². The van der Waals surface area contributed by atoms with Gasteiger partial charge in [-0.3, -0.25) is 9.59 Å². The van der Waals surface area contributed by atoms with Crippen molar-refractivity contribution in [1.29, 1.82) is 0 Å². The molecule has 7 nitrogen and oxygen atoms in total. The summed E-state index contributed by atoms with van der Waals surface area (Å²) in [5.41, 5.74) is 4.88. The number of rotatable bonds is 7. The van der Waals surface area contributed by atoms with Crippen molar-refractivity contribution in [3.63, 3.8) is 0 Å². The predicted molar refractivity (Wildman–Crippen MR) is 137 cm³/mol. The highest BCUT2D eigenvalue weighted by molar-refractivity contribution is 5.99. The molecule has 1 aliphatic carbocycles. The van der Waals surface area contributed by atoms with Gasteiger partial charge < -0.3 is 20.3 Å². The van der Waals surface area contributed by atoms with Gasteiger partial charge in [-0.15, -0.1) is 0 Å². The van der Waals surface area contributed by atoms with Crippen LogP contribution in [0, 0.1) is 27.7 Å². The van der Waals surface area contributed by atoms with Crippen molar-refractivity contribution in [3.8, 4) is 0 Å². The van der Waals surface area contributed by atoms with Crippen LogP contribution in [0.5, 0.6) is 0 Å². The van der Waals surface area contributed by atoms with E-state index in [0.29, 0.717) is 0 Å². The number of nitrogens with zero attached hydrogens (tertiary/aromatic N) is 1. The Morgan fingerprint density at radius 3 is 2.14 bits per heavy atom. The molecule has 188 valence electrons. The Hall–Kier alpha value is -3.35. The van der Waals surface area contributed by atoms with Crippen molar-refractivity contribution in [2.45, 2.75) is 79.0 Å². The fourth-order valence-electron chi connectivity index (χ4n) is 4.04. The van der Waals surface area contributed by atoms with Gasteiger partial charge >= 0.3 is 6.09 Å². The number of benzene rings is 2. The van der Waals surface area contributed by atoms with Crippen LogP contribution in [-0.4, -0.2) is 41.0 Å². The molecule has 0 bridgehead atoms. The van der Waals surface area contributed by atoms with Crippen LogP contribution in [0.4, 0.5) is 10.5 Å². The molecule has 7 heteroatoms. The summed E-state index contributed by atoms with van der Waals surface area (Å²) in [5, 5.41) is 5.63. The molecular weight excluding hydrogens is 442 g/mol. The van der Waals surface area contributed by atoms with Gasteiger partial charge in [0.15, 0.2) is 0 Å². The number of hydrogen-bond donors (Lipinski definition) is 2. The molecule has 1 fully saturated rings. The van der Waals surface area contributed by atoms with Crippen LogP contribution in [-0.2, 0) is 14.3 Å². The molecule has 2 aromatic rings. The van der Waals surface area contributed by atoms with E-state index in [1.807, 2.05) is 64.1 Å². The minimum atomic E-state index is -0.825. The summed E-state index contributed by atoms with van der Waals surface area (Å²) in [7, 11) is 0. The topological polar surface area (TPSA) is 87.7 Å². The number of alkyl carbamates (subject to hydrolysis) is 1. The van der Waals surface area contributed by atoms with Crippen LogP contribution >= 0.6 is 0 Å². The van der Waals surface area contributed by atoms with Gasteiger partial charge in [0.2, 0.25) is 5.91 Å². The summed E-state index contributed by atoms with van der Waals surface area (Å²) >= 11 is 0. The molecule has 1 saturated carbocycles. The first kappa shape index (κ1) is 26.3. The highest BCUT2D eigenvalue weighted by Gasteiger charge is 2.41. The number of para-hydroxylation sites is 1. The number of amides is 3. The maximum Gasteiger partial charge on any atom is 0.408 e. The smallest absolute Gasteiger partial charge is 0.408 e. The number of hydrogen-bond acceptors (Lipinski definition) is 4. The molecule has 1 unspecified atom stereocenters. The van der Waals surface area contributed by atoms with E-state index in [0.717, 1.165) is 46.3 Å². The molecule has 0 radical (unpaired) electrons. The molecule has 2 aromatic carbocycles. The van der Waals surface area contributed by atoms with Crippen LogP contribution in [0.2, 0.25) is 0 Å². The average molecular weight is 480 g/mol. The van der Waals surface area contributed by atoms with Crippen LogP contribution in [0.15, 0.2) is 36.4 Å². The van der Waals surface area contributed by atoms with E-state index in [2.05, 4.69) is 10.6 Å². The molecule has 3 rings (SSSR count). The van der Waals surface area contributed by atoms with Gasteiger partial charge in [0.1, 0.15) is 18.2 Å². The lowest BCUT2D eigenvalue weighted by Crippen LogP contribution is -2.47. The lowest BCUT2D eigenvalue weighted by Gasteiger charge is -2.32. The van der Waals surface area contributed by atoms with E-state index in [9.17, 15) is 14.4 Å². The lowest BCUT2D eigenvalue weighted by atomic mass is 9.98. The standard InChI is InChI=1S/C28H37N3O4/c1-17-11-12-21(15-20(17)4)25(26(33)30-24-18(2)9-8-10-19(24)3)31(22-13-14-22)23(32)16-29-27(34)35-28(5,6)7/h8-12,15,22,25H,13-14,16H2,1-7H3,(H,29,34)(H,30,33). The zero-order valence-electron chi connectivity index (χ0n) is 21.8. The Morgan fingerprint density at radius 2 is 1.60 bits per heavy atom. The molecule has 3 amide bonds. The second-order valence-electron chi connectivity index (χ2n) is 10.4. The molecule has 0 saturated heterocycles. The van der Waals surface area contributed by atoms with Gasteiger partial charge in [0.05, 0.1) is 0 Å². The van der Waals surface area contributed by atoms with Gasteiger partial charge in [0, 0.05) is 11.7 Å². The third-order valence-corrected chi connectivity index (χ3v) is 6.11. The predicted octanol–water partition coefficient (Wildman–Crippen LogP) is 5.12. The molecule has 1 atom stereocenters. The summed E-state index contributed by atoms with van der Waals surface area (Å²) in [6, 6.07) is 10.8. The molecular formula is C28H37N3O4. The Morgan fingerprint density at radius 1 is 0.971 bits per heavy atom. The number of carbonyl (C=O) groups is 3. The summed E-state index contributed by atoms with van der Waals surface area (Å²) in [5.74, 6) is -0.596. The Kier molecular flexibility index (Phi) is 7.88. The van der Waals surface area contributed by atoms with Gasteiger partial charge in [-0.1, -0.05) is 36.4 Å². The number of ether oxygens (including phenoxy) is 1. The first-order valence-electron chi connectivity index (χ1n) is 12.1. The lowest BCUT2D eigenvalue weighted by molar-refractivity contribution is -0.138. The van der Waals surface area contributed by atoms with E-state index in [-0.39, 0.29) is 24.4 Å². The zero-order valence-corrected chi connectivity index (χ0v) is 21.8. The summed E-state index contributed by atoms with van der Waals surface area (Å²) in [4.78, 5) is 41.0. The first-order chi connectivity index (χ1) is 16.4. The molecule has 35 heavy (non-hydrogen) atoms. The Balaban J connectivity index is 1.92. The van der Waals surface area contributed by atoms with Crippen LogP contribution < -0.4 is 10.6 Å². The van der Waals surface area contributed by atoms with E-state index < -0.39 is 17.7 Å². The van der Waals surface area contributed by atoms with E-state index in [1.165, 1.54) is 0 Å². The van der Waals surface area contributed by atoms with Crippen molar-refractivity contribution < 1.29 is 19.1 Å². The van der Waals surface area contributed by atoms with E-state index in [4.69, 9.17) is 4.74 Å². The van der Waals surface area contributed by atoms with Crippen molar-refractivity contribution in [1.82, 2.24) is 10.2 Å². The van der Waals surface area contributed by atoms with Gasteiger partial charge in [-0.05, 0) is 89.1 Å². The molecule has 0 aliphatic heterocycles.